The maximum atomic E-state index is 11.1. The third-order valence-corrected chi connectivity index (χ3v) is 3.14. The third-order valence-electron chi connectivity index (χ3n) is 3.14. The summed E-state index contributed by atoms with van der Waals surface area (Å²) in [5, 5.41) is 21.3. The monoisotopic (exact) mass is 215 g/mol. The maximum absolute atomic E-state index is 11.1. The van der Waals surface area contributed by atoms with Crippen molar-refractivity contribution in [3.8, 4) is 0 Å². The lowest BCUT2D eigenvalue weighted by molar-refractivity contribution is -0.114. The average Bonchev–Trinajstić information content (AvgIpc) is 2.52. The van der Waals surface area contributed by atoms with E-state index in [2.05, 4.69) is 5.32 Å². The number of aldehydes is 1. The Balaban J connectivity index is 2.46. The van der Waals surface area contributed by atoms with Gasteiger partial charge in [-0.25, -0.2) is 0 Å². The molecule has 1 fully saturated rings. The van der Waals surface area contributed by atoms with Gasteiger partial charge in [-0.3, -0.25) is 0 Å². The Labute approximate surface area is 90.7 Å². The first kappa shape index (κ1) is 12.6. The molecule has 0 aromatic rings. The molecule has 0 radical (unpaired) electrons. The van der Waals surface area contributed by atoms with E-state index in [1.807, 2.05) is 0 Å². The van der Waals surface area contributed by atoms with Crippen molar-refractivity contribution in [1.29, 1.82) is 0 Å². The molecule has 1 heterocycles. The number of carbonyl (C=O) groups is 1. The fraction of sp³-hybridized carbons (Fsp3) is 0.909. The second-order valence-electron chi connectivity index (χ2n) is 4.39. The molecule has 0 bridgehead atoms. The molecule has 88 valence electrons. The van der Waals surface area contributed by atoms with Crippen molar-refractivity contribution in [1.82, 2.24) is 5.32 Å². The fourth-order valence-corrected chi connectivity index (χ4v) is 2.06. The van der Waals surface area contributed by atoms with Crippen molar-refractivity contribution in [3.63, 3.8) is 0 Å². The van der Waals surface area contributed by atoms with Gasteiger partial charge in [0.05, 0.1) is 18.2 Å². The maximum Gasteiger partial charge on any atom is 0.140 e. The smallest absolute Gasteiger partial charge is 0.140 e. The van der Waals surface area contributed by atoms with Crippen LogP contribution in [0.15, 0.2) is 0 Å². The van der Waals surface area contributed by atoms with Crippen LogP contribution in [0.3, 0.4) is 0 Å². The van der Waals surface area contributed by atoms with E-state index in [0.717, 1.165) is 38.5 Å². The number of aliphatic hydroxyl groups excluding tert-OH is 2. The summed E-state index contributed by atoms with van der Waals surface area (Å²) in [5.74, 6) is 0. The Morgan fingerprint density at radius 1 is 1.40 bits per heavy atom. The Morgan fingerprint density at radius 3 is 2.87 bits per heavy atom. The number of rotatable bonds is 5. The summed E-state index contributed by atoms with van der Waals surface area (Å²) in [6, 6.07) is 0. The lowest BCUT2D eigenvalue weighted by Crippen LogP contribution is -2.46. The van der Waals surface area contributed by atoms with Gasteiger partial charge in [0.25, 0.3) is 0 Å². The fourth-order valence-electron chi connectivity index (χ4n) is 2.06. The second-order valence-corrected chi connectivity index (χ2v) is 4.39. The number of carbonyl (C=O) groups excluding carboxylic acids is 1. The molecular weight excluding hydrogens is 194 g/mol. The highest BCUT2D eigenvalue weighted by Gasteiger charge is 2.30. The molecule has 0 saturated carbocycles. The Hall–Kier alpha value is -0.450. The Morgan fingerprint density at radius 2 is 2.20 bits per heavy atom. The van der Waals surface area contributed by atoms with Gasteiger partial charge in [-0.15, -0.1) is 0 Å². The predicted octanol–water partition coefficient (Wildman–Crippen LogP) is 0.221. The zero-order chi connectivity index (χ0) is 11.1. The highest BCUT2D eigenvalue weighted by Crippen LogP contribution is 2.22. The summed E-state index contributed by atoms with van der Waals surface area (Å²) >= 11 is 0. The molecule has 1 saturated heterocycles. The molecule has 3 N–H and O–H groups in total. The van der Waals surface area contributed by atoms with Gasteiger partial charge in [0.15, 0.2) is 0 Å². The van der Waals surface area contributed by atoms with Gasteiger partial charge in [0.1, 0.15) is 6.29 Å². The van der Waals surface area contributed by atoms with Crippen molar-refractivity contribution in [2.24, 2.45) is 0 Å². The van der Waals surface area contributed by atoms with Crippen molar-refractivity contribution >= 4 is 6.29 Å². The van der Waals surface area contributed by atoms with E-state index in [0.29, 0.717) is 12.8 Å². The molecular formula is C11H21NO3. The highest BCUT2D eigenvalue weighted by molar-refractivity contribution is 5.64. The van der Waals surface area contributed by atoms with Crippen LogP contribution in [0.25, 0.3) is 0 Å². The van der Waals surface area contributed by atoms with Crippen LogP contribution in [-0.2, 0) is 4.79 Å². The van der Waals surface area contributed by atoms with Crippen molar-refractivity contribution in [3.05, 3.63) is 0 Å². The third kappa shape index (κ3) is 3.89. The molecule has 0 aliphatic carbocycles. The van der Waals surface area contributed by atoms with Crippen LogP contribution in [0.2, 0.25) is 0 Å². The summed E-state index contributed by atoms with van der Waals surface area (Å²) in [7, 11) is 0. The largest absolute Gasteiger partial charge is 0.394 e. The molecule has 1 rings (SSSR count). The van der Waals surface area contributed by atoms with Crippen LogP contribution in [0.1, 0.15) is 38.5 Å². The van der Waals surface area contributed by atoms with E-state index < -0.39 is 11.6 Å². The first-order chi connectivity index (χ1) is 7.22. The van der Waals surface area contributed by atoms with Crippen LogP contribution in [0.5, 0.6) is 0 Å². The lowest BCUT2D eigenvalue weighted by Gasteiger charge is -2.28. The quantitative estimate of drug-likeness (QED) is 0.574. The SMILES string of the molecule is O=CC1(CCC(O)CO)CCCCCN1. The lowest BCUT2D eigenvalue weighted by atomic mass is 9.89. The van der Waals surface area contributed by atoms with Crippen LogP contribution >= 0.6 is 0 Å². The van der Waals surface area contributed by atoms with E-state index >= 15 is 0 Å². The van der Waals surface area contributed by atoms with Crippen LogP contribution in [0, 0.1) is 0 Å². The number of hydrogen-bond donors (Lipinski definition) is 3. The van der Waals surface area contributed by atoms with Gasteiger partial charge < -0.3 is 20.3 Å². The Bertz CT molecular complexity index is 188. The minimum absolute atomic E-state index is 0.227. The molecule has 1 aliphatic heterocycles. The molecule has 4 nitrogen and oxygen atoms in total. The molecule has 0 amide bonds. The van der Waals surface area contributed by atoms with Crippen LogP contribution in [-0.4, -0.2) is 41.3 Å². The van der Waals surface area contributed by atoms with Crippen molar-refractivity contribution < 1.29 is 15.0 Å². The number of hydrogen-bond acceptors (Lipinski definition) is 4. The minimum Gasteiger partial charge on any atom is -0.394 e. The molecule has 0 aromatic heterocycles. The standard InChI is InChI=1S/C11H21NO3/c13-8-10(15)4-6-11(9-14)5-2-1-3-7-12-11/h9-10,12-13,15H,1-8H2. The van der Waals surface area contributed by atoms with E-state index in [9.17, 15) is 9.90 Å². The van der Waals surface area contributed by atoms with Crippen molar-refractivity contribution in [2.45, 2.75) is 50.2 Å². The minimum atomic E-state index is -0.702. The van der Waals surface area contributed by atoms with Gasteiger partial charge in [-0.1, -0.05) is 12.8 Å². The summed E-state index contributed by atoms with van der Waals surface area (Å²) in [4.78, 5) is 11.1. The van der Waals surface area contributed by atoms with Crippen molar-refractivity contribution in [2.75, 3.05) is 13.2 Å². The van der Waals surface area contributed by atoms with Crippen LogP contribution in [0.4, 0.5) is 0 Å². The van der Waals surface area contributed by atoms with E-state index in [-0.39, 0.29) is 6.61 Å². The predicted molar refractivity (Wildman–Crippen MR) is 57.6 cm³/mol. The van der Waals surface area contributed by atoms with E-state index in [4.69, 9.17) is 5.11 Å². The van der Waals surface area contributed by atoms with Gasteiger partial charge in [-0.2, -0.15) is 0 Å². The summed E-state index contributed by atoms with van der Waals surface area (Å²) in [6.07, 6.45) is 5.52. The topological polar surface area (TPSA) is 69.6 Å². The Kier molecular flexibility index (Phi) is 5.22. The van der Waals surface area contributed by atoms with E-state index in [1.165, 1.54) is 0 Å². The summed E-state index contributed by atoms with van der Waals surface area (Å²) in [6.45, 7) is 0.642. The normalized spacial score (nSPS) is 29.5. The highest BCUT2D eigenvalue weighted by atomic mass is 16.3. The van der Waals surface area contributed by atoms with Gasteiger partial charge in [-0.05, 0) is 32.2 Å². The molecule has 15 heavy (non-hydrogen) atoms. The average molecular weight is 215 g/mol. The van der Waals surface area contributed by atoms with E-state index in [1.54, 1.807) is 0 Å². The molecule has 1 aliphatic rings. The zero-order valence-electron chi connectivity index (χ0n) is 9.11. The molecule has 0 spiro atoms. The number of nitrogens with one attached hydrogen (secondary N) is 1. The van der Waals surface area contributed by atoms with Gasteiger partial charge in [0.2, 0.25) is 0 Å². The summed E-state index contributed by atoms with van der Waals surface area (Å²) in [5.41, 5.74) is -0.466. The molecule has 2 unspecified atom stereocenters. The zero-order valence-corrected chi connectivity index (χ0v) is 9.11. The molecule has 2 atom stereocenters. The van der Waals surface area contributed by atoms with Gasteiger partial charge >= 0.3 is 0 Å². The van der Waals surface area contributed by atoms with Crippen LogP contribution < -0.4 is 5.32 Å². The molecule has 4 heteroatoms. The first-order valence-electron chi connectivity index (χ1n) is 5.73. The number of aliphatic hydroxyl groups is 2. The second kappa shape index (κ2) is 6.20. The van der Waals surface area contributed by atoms with Gasteiger partial charge in [0, 0.05) is 0 Å². The first-order valence-corrected chi connectivity index (χ1v) is 5.73. The summed E-state index contributed by atoms with van der Waals surface area (Å²) < 4.78 is 0. The molecule has 0 aromatic carbocycles.